The number of rotatable bonds is 3. The Hall–Kier alpha value is -2.18. The van der Waals surface area contributed by atoms with Crippen molar-refractivity contribution >= 4 is 27.9 Å². The van der Waals surface area contributed by atoms with Crippen molar-refractivity contribution < 1.29 is 9.53 Å². The largest absolute Gasteiger partial charge is 0.368 e. The number of ether oxygens (including phenoxy) is 1. The first-order valence-corrected chi connectivity index (χ1v) is 8.55. The van der Waals surface area contributed by atoms with Crippen molar-refractivity contribution in [3.8, 4) is 11.3 Å². The normalized spacial score (nSPS) is 17.7. The Morgan fingerprint density at radius 1 is 1.48 bits per heavy atom. The first kappa shape index (κ1) is 14.4. The van der Waals surface area contributed by atoms with Gasteiger partial charge < -0.3 is 10.1 Å². The van der Waals surface area contributed by atoms with Crippen LogP contribution in [0.15, 0.2) is 35.8 Å². The van der Waals surface area contributed by atoms with Gasteiger partial charge in [0.25, 0.3) is 5.91 Å². The number of nitrogens with zero attached hydrogens (tertiary/aromatic N) is 2. The van der Waals surface area contributed by atoms with Gasteiger partial charge in [-0.1, -0.05) is 12.1 Å². The van der Waals surface area contributed by atoms with Gasteiger partial charge in [0.1, 0.15) is 6.10 Å². The summed E-state index contributed by atoms with van der Waals surface area (Å²) < 4.78 is 7.50. The second-order valence-electron chi connectivity index (χ2n) is 5.73. The number of hydrogen-bond donors (Lipinski definition) is 1. The maximum Gasteiger partial charge on any atom is 0.253 e. The van der Waals surface area contributed by atoms with Crippen molar-refractivity contribution in [1.82, 2.24) is 9.38 Å². The van der Waals surface area contributed by atoms with Crippen LogP contribution in [0.1, 0.15) is 18.5 Å². The zero-order valence-electron chi connectivity index (χ0n) is 12.8. The van der Waals surface area contributed by atoms with E-state index in [2.05, 4.69) is 27.0 Å². The molecule has 0 saturated carbocycles. The highest BCUT2D eigenvalue weighted by atomic mass is 32.1. The van der Waals surface area contributed by atoms with Gasteiger partial charge in [0.15, 0.2) is 4.96 Å². The molecule has 5 nitrogen and oxygen atoms in total. The average molecular weight is 327 g/mol. The molecule has 1 saturated heterocycles. The molecule has 0 aliphatic carbocycles. The third kappa shape index (κ3) is 2.75. The van der Waals surface area contributed by atoms with Gasteiger partial charge in [0.2, 0.25) is 0 Å². The van der Waals surface area contributed by atoms with Gasteiger partial charge in [0.05, 0.1) is 5.69 Å². The fourth-order valence-electron chi connectivity index (χ4n) is 2.80. The average Bonchev–Trinajstić information content (AvgIpc) is 3.26. The quantitative estimate of drug-likeness (QED) is 0.801. The Bertz CT molecular complexity index is 862. The molecule has 1 N–H and O–H groups in total. The molecule has 1 aliphatic heterocycles. The first-order chi connectivity index (χ1) is 11.2. The molecule has 3 aromatic rings. The molecule has 1 atom stereocenters. The number of hydrogen-bond acceptors (Lipinski definition) is 4. The predicted molar refractivity (Wildman–Crippen MR) is 90.8 cm³/mol. The molecule has 0 spiro atoms. The lowest BCUT2D eigenvalue weighted by atomic mass is 10.1. The molecule has 1 aliphatic rings. The van der Waals surface area contributed by atoms with Crippen LogP contribution in [0.25, 0.3) is 16.2 Å². The Balaban J connectivity index is 1.59. The van der Waals surface area contributed by atoms with Crippen LogP contribution in [0, 0.1) is 6.92 Å². The van der Waals surface area contributed by atoms with E-state index in [1.54, 1.807) is 11.3 Å². The monoisotopic (exact) mass is 327 g/mol. The number of anilines is 1. The van der Waals surface area contributed by atoms with Gasteiger partial charge in [-0.3, -0.25) is 9.20 Å². The highest BCUT2D eigenvalue weighted by Gasteiger charge is 2.23. The lowest BCUT2D eigenvalue weighted by Crippen LogP contribution is -2.26. The third-order valence-electron chi connectivity index (χ3n) is 4.04. The summed E-state index contributed by atoms with van der Waals surface area (Å²) in [6.45, 7) is 2.73. The van der Waals surface area contributed by atoms with Crippen molar-refractivity contribution in [2.75, 3.05) is 11.9 Å². The number of carbonyl (C=O) groups is 1. The van der Waals surface area contributed by atoms with Crippen LogP contribution < -0.4 is 5.32 Å². The maximum absolute atomic E-state index is 12.2. The van der Waals surface area contributed by atoms with Crippen LogP contribution in [0.5, 0.6) is 0 Å². The number of aryl methyl sites for hydroxylation is 1. The molecule has 0 radical (unpaired) electrons. The van der Waals surface area contributed by atoms with E-state index in [9.17, 15) is 4.79 Å². The van der Waals surface area contributed by atoms with Crippen molar-refractivity contribution in [3.63, 3.8) is 0 Å². The smallest absolute Gasteiger partial charge is 0.253 e. The van der Waals surface area contributed by atoms with E-state index in [0.717, 1.165) is 34.7 Å². The second-order valence-corrected chi connectivity index (χ2v) is 6.56. The highest BCUT2D eigenvalue weighted by molar-refractivity contribution is 7.15. The summed E-state index contributed by atoms with van der Waals surface area (Å²) >= 11 is 1.63. The SMILES string of the molecule is Cc1csc2nc(-c3cccc(NC(=O)C4CCCO4)c3)cn12. The third-order valence-corrected chi connectivity index (χ3v) is 4.99. The van der Waals surface area contributed by atoms with Crippen molar-refractivity contribution in [2.45, 2.75) is 25.9 Å². The zero-order chi connectivity index (χ0) is 15.8. The number of carbonyl (C=O) groups excluding carboxylic acids is 1. The summed E-state index contributed by atoms with van der Waals surface area (Å²) in [6, 6.07) is 7.78. The Kier molecular flexibility index (Phi) is 3.63. The molecule has 0 bridgehead atoms. The van der Waals surface area contributed by atoms with Crippen molar-refractivity contribution in [2.24, 2.45) is 0 Å². The molecule has 6 heteroatoms. The van der Waals surface area contributed by atoms with Gasteiger partial charge in [-0.05, 0) is 31.9 Å². The van der Waals surface area contributed by atoms with Gasteiger partial charge in [0, 0.05) is 35.1 Å². The van der Waals surface area contributed by atoms with E-state index in [-0.39, 0.29) is 12.0 Å². The molecular weight excluding hydrogens is 310 g/mol. The summed E-state index contributed by atoms with van der Waals surface area (Å²) in [5.41, 5.74) is 3.85. The molecule has 1 unspecified atom stereocenters. The highest BCUT2D eigenvalue weighted by Crippen LogP contribution is 2.25. The van der Waals surface area contributed by atoms with Crippen LogP contribution in [0.3, 0.4) is 0 Å². The van der Waals surface area contributed by atoms with E-state index >= 15 is 0 Å². The van der Waals surface area contributed by atoms with E-state index in [0.29, 0.717) is 6.61 Å². The van der Waals surface area contributed by atoms with E-state index in [1.807, 2.05) is 30.5 Å². The Morgan fingerprint density at radius 3 is 3.17 bits per heavy atom. The number of thiazole rings is 1. The van der Waals surface area contributed by atoms with E-state index in [4.69, 9.17) is 4.74 Å². The molecule has 1 fully saturated rings. The second kappa shape index (κ2) is 5.79. The fourth-order valence-corrected chi connectivity index (χ4v) is 3.65. The Labute approximate surface area is 137 Å². The molecule has 1 aromatic carbocycles. The van der Waals surface area contributed by atoms with Gasteiger partial charge in [-0.15, -0.1) is 11.3 Å². The maximum atomic E-state index is 12.2. The van der Waals surface area contributed by atoms with Crippen LogP contribution in [-0.2, 0) is 9.53 Å². The molecule has 118 valence electrons. The van der Waals surface area contributed by atoms with Gasteiger partial charge in [-0.2, -0.15) is 0 Å². The molecule has 2 aromatic heterocycles. The first-order valence-electron chi connectivity index (χ1n) is 7.67. The molecular formula is C17H17N3O2S. The topological polar surface area (TPSA) is 55.6 Å². The summed E-state index contributed by atoms with van der Waals surface area (Å²) in [5.74, 6) is -0.0682. The lowest BCUT2D eigenvalue weighted by Gasteiger charge is -2.11. The summed E-state index contributed by atoms with van der Waals surface area (Å²) in [7, 11) is 0. The molecule has 1 amide bonds. The number of imidazole rings is 1. The van der Waals surface area contributed by atoms with Gasteiger partial charge >= 0.3 is 0 Å². The lowest BCUT2D eigenvalue weighted by molar-refractivity contribution is -0.124. The van der Waals surface area contributed by atoms with Crippen molar-refractivity contribution in [1.29, 1.82) is 0 Å². The Morgan fingerprint density at radius 2 is 2.39 bits per heavy atom. The van der Waals surface area contributed by atoms with Gasteiger partial charge in [-0.25, -0.2) is 4.98 Å². The molecule has 4 rings (SSSR count). The summed E-state index contributed by atoms with van der Waals surface area (Å²) in [5, 5.41) is 5.02. The van der Waals surface area contributed by atoms with E-state index in [1.165, 1.54) is 5.69 Å². The summed E-state index contributed by atoms with van der Waals surface area (Å²) in [6.07, 6.45) is 3.45. The van der Waals surface area contributed by atoms with Crippen molar-refractivity contribution in [3.05, 3.63) is 41.5 Å². The zero-order valence-corrected chi connectivity index (χ0v) is 13.6. The minimum absolute atomic E-state index is 0.0682. The van der Waals surface area contributed by atoms with Crippen LogP contribution >= 0.6 is 11.3 Å². The van der Waals surface area contributed by atoms with Crippen LogP contribution in [-0.4, -0.2) is 28.0 Å². The minimum atomic E-state index is -0.320. The summed E-state index contributed by atoms with van der Waals surface area (Å²) in [4.78, 5) is 17.8. The number of fused-ring (bicyclic) bond motifs is 1. The molecule has 23 heavy (non-hydrogen) atoms. The number of nitrogens with one attached hydrogen (secondary N) is 1. The number of amides is 1. The standard InChI is InChI=1S/C17H17N3O2S/c1-11-10-23-17-19-14(9-20(11)17)12-4-2-5-13(8-12)18-16(21)15-6-3-7-22-15/h2,4-5,8-10,15H,3,6-7H2,1H3,(H,18,21). The minimum Gasteiger partial charge on any atom is -0.368 e. The van der Waals surface area contributed by atoms with E-state index < -0.39 is 0 Å². The number of benzene rings is 1. The van der Waals surface area contributed by atoms with Crippen LogP contribution in [0.2, 0.25) is 0 Å². The fraction of sp³-hybridized carbons (Fsp3) is 0.294. The molecule has 3 heterocycles. The predicted octanol–water partition coefficient (Wildman–Crippen LogP) is 3.49. The number of aromatic nitrogens is 2. The van der Waals surface area contributed by atoms with Crippen LogP contribution in [0.4, 0.5) is 5.69 Å².